The molecule has 0 radical (unpaired) electrons. The van der Waals surface area contributed by atoms with Crippen molar-refractivity contribution in [3.8, 4) is 0 Å². The molecule has 2 aromatic rings. The van der Waals surface area contributed by atoms with Crippen molar-refractivity contribution in [2.75, 3.05) is 46.5 Å². The molecule has 0 saturated carbocycles. The number of nitrogens with one attached hydrogen (secondary N) is 2. The number of nitrogens with zero attached hydrogens (tertiary/aromatic N) is 2. The van der Waals surface area contributed by atoms with Gasteiger partial charge in [-0.3, -0.25) is 9.89 Å². The first kappa shape index (κ1) is 23.3. The monoisotopic (exact) mass is 424 g/mol. The second kappa shape index (κ2) is 13.1. The van der Waals surface area contributed by atoms with Crippen molar-refractivity contribution < 1.29 is 9.47 Å². The van der Waals surface area contributed by atoms with Crippen LogP contribution in [0, 0.1) is 0 Å². The summed E-state index contributed by atoms with van der Waals surface area (Å²) in [7, 11) is 1.80. The lowest BCUT2D eigenvalue weighted by atomic mass is 10.1. The van der Waals surface area contributed by atoms with Crippen LogP contribution in [0.5, 0.6) is 0 Å². The van der Waals surface area contributed by atoms with E-state index in [4.69, 9.17) is 9.47 Å². The van der Waals surface area contributed by atoms with Crippen LogP contribution in [-0.2, 0) is 22.6 Å². The molecule has 1 aliphatic heterocycles. The Morgan fingerprint density at radius 2 is 1.74 bits per heavy atom. The Labute approximate surface area is 186 Å². The first-order valence-corrected chi connectivity index (χ1v) is 11.2. The minimum atomic E-state index is 0.116. The van der Waals surface area contributed by atoms with Crippen LogP contribution in [0.15, 0.2) is 59.6 Å². The summed E-state index contributed by atoms with van der Waals surface area (Å²) in [5.74, 6) is 0.813. The maximum absolute atomic E-state index is 5.93. The highest BCUT2D eigenvalue weighted by molar-refractivity contribution is 5.79. The lowest BCUT2D eigenvalue weighted by Gasteiger charge is -2.26. The third kappa shape index (κ3) is 8.32. The number of hydrogen-bond donors (Lipinski definition) is 2. The van der Waals surface area contributed by atoms with Crippen LogP contribution < -0.4 is 10.6 Å². The van der Waals surface area contributed by atoms with Crippen LogP contribution in [0.1, 0.15) is 36.1 Å². The molecule has 0 amide bonds. The second-order valence-electron chi connectivity index (χ2n) is 7.83. The van der Waals surface area contributed by atoms with E-state index in [2.05, 4.69) is 63.8 Å². The van der Waals surface area contributed by atoms with Gasteiger partial charge in [-0.25, -0.2) is 0 Å². The van der Waals surface area contributed by atoms with Gasteiger partial charge in [-0.15, -0.1) is 0 Å². The van der Waals surface area contributed by atoms with Crippen molar-refractivity contribution in [1.29, 1.82) is 0 Å². The lowest BCUT2D eigenvalue weighted by Crippen LogP contribution is -2.37. The number of ether oxygens (including phenoxy) is 2. The molecule has 1 unspecified atom stereocenters. The Morgan fingerprint density at radius 3 is 2.45 bits per heavy atom. The van der Waals surface area contributed by atoms with E-state index in [-0.39, 0.29) is 6.10 Å². The fourth-order valence-electron chi connectivity index (χ4n) is 3.55. The summed E-state index contributed by atoms with van der Waals surface area (Å²) < 4.78 is 11.3. The summed E-state index contributed by atoms with van der Waals surface area (Å²) in [5.41, 5.74) is 3.80. The van der Waals surface area contributed by atoms with Gasteiger partial charge in [-0.2, -0.15) is 0 Å². The van der Waals surface area contributed by atoms with E-state index in [0.29, 0.717) is 6.61 Å². The zero-order valence-corrected chi connectivity index (χ0v) is 18.8. The Kier molecular flexibility index (Phi) is 9.83. The predicted octanol–water partition coefficient (Wildman–Crippen LogP) is 3.35. The molecule has 1 atom stereocenters. The van der Waals surface area contributed by atoms with Crippen molar-refractivity contribution in [3.63, 3.8) is 0 Å². The highest BCUT2D eigenvalue weighted by Crippen LogP contribution is 2.15. The second-order valence-corrected chi connectivity index (χ2v) is 7.83. The van der Waals surface area contributed by atoms with Gasteiger partial charge in [0, 0.05) is 46.4 Å². The van der Waals surface area contributed by atoms with Crippen molar-refractivity contribution >= 4 is 5.96 Å². The van der Waals surface area contributed by atoms with Gasteiger partial charge < -0.3 is 20.1 Å². The first-order valence-electron chi connectivity index (χ1n) is 11.2. The maximum Gasteiger partial charge on any atom is 0.191 e. The molecule has 168 valence electrons. The minimum absolute atomic E-state index is 0.116. The van der Waals surface area contributed by atoms with E-state index < -0.39 is 0 Å². The number of morpholine rings is 1. The number of hydrogen-bond acceptors (Lipinski definition) is 4. The van der Waals surface area contributed by atoms with E-state index in [0.717, 1.165) is 58.3 Å². The molecule has 1 aliphatic rings. The Hall–Kier alpha value is -2.41. The van der Waals surface area contributed by atoms with Crippen LogP contribution in [0.3, 0.4) is 0 Å². The number of aliphatic imine (C=N–C) groups is 1. The number of benzene rings is 2. The largest absolute Gasteiger partial charge is 0.379 e. The first-order chi connectivity index (χ1) is 15.2. The normalized spacial score (nSPS) is 16.1. The van der Waals surface area contributed by atoms with Gasteiger partial charge >= 0.3 is 0 Å². The van der Waals surface area contributed by atoms with Crippen LogP contribution in [-0.4, -0.2) is 57.4 Å². The lowest BCUT2D eigenvalue weighted by molar-refractivity contribution is 0.0342. The Morgan fingerprint density at radius 1 is 1.03 bits per heavy atom. The van der Waals surface area contributed by atoms with E-state index in [1.54, 1.807) is 7.05 Å². The fourth-order valence-corrected chi connectivity index (χ4v) is 3.55. The quantitative estimate of drug-likeness (QED) is 0.348. The van der Waals surface area contributed by atoms with E-state index in [1.165, 1.54) is 16.7 Å². The molecule has 0 spiro atoms. The maximum atomic E-state index is 5.93. The summed E-state index contributed by atoms with van der Waals surface area (Å²) in [6.45, 7) is 9.08. The van der Waals surface area contributed by atoms with Gasteiger partial charge in [-0.1, -0.05) is 54.6 Å². The SMILES string of the molecule is CN=C(NCCCOC(C)c1ccccc1)NCc1ccc(CN2CCOCC2)cc1. The highest BCUT2D eigenvalue weighted by Gasteiger charge is 2.10. The molecule has 6 heteroatoms. The summed E-state index contributed by atoms with van der Waals surface area (Å²) in [6, 6.07) is 19.1. The molecule has 3 rings (SSSR count). The average Bonchev–Trinajstić information content (AvgIpc) is 2.83. The fraction of sp³-hybridized carbons (Fsp3) is 0.480. The minimum Gasteiger partial charge on any atom is -0.379 e. The van der Waals surface area contributed by atoms with Crippen LogP contribution in [0.2, 0.25) is 0 Å². The molecule has 1 heterocycles. The zero-order chi connectivity index (χ0) is 21.7. The van der Waals surface area contributed by atoms with Gasteiger partial charge in [0.05, 0.1) is 19.3 Å². The summed E-state index contributed by atoms with van der Waals surface area (Å²) in [5, 5.41) is 6.74. The molecule has 2 N–H and O–H groups in total. The highest BCUT2D eigenvalue weighted by atomic mass is 16.5. The summed E-state index contributed by atoms with van der Waals surface area (Å²) in [6.07, 6.45) is 1.04. The van der Waals surface area contributed by atoms with E-state index in [9.17, 15) is 0 Å². The summed E-state index contributed by atoms with van der Waals surface area (Å²) in [4.78, 5) is 6.75. The molecular weight excluding hydrogens is 388 g/mol. The molecule has 0 aliphatic carbocycles. The van der Waals surface area contributed by atoms with Crippen molar-refractivity contribution in [3.05, 3.63) is 71.3 Å². The Balaban J connectivity index is 1.31. The van der Waals surface area contributed by atoms with Gasteiger partial charge in [0.1, 0.15) is 0 Å². The summed E-state index contributed by atoms with van der Waals surface area (Å²) >= 11 is 0. The van der Waals surface area contributed by atoms with E-state index >= 15 is 0 Å². The molecule has 1 fully saturated rings. The topological polar surface area (TPSA) is 58.1 Å². The average molecular weight is 425 g/mol. The van der Waals surface area contributed by atoms with Crippen molar-refractivity contribution in [2.24, 2.45) is 4.99 Å². The van der Waals surface area contributed by atoms with Crippen LogP contribution in [0.4, 0.5) is 0 Å². The Bertz CT molecular complexity index is 774. The van der Waals surface area contributed by atoms with Gasteiger partial charge in [0.15, 0.2) is 5.96 Å². The molecular formula is C25H36N4O2. The molecule has 6 nitrogen and oxygen atoms in total. The molecule has 31 heavy (non-hydrogen) atoms. The van der Waals surface area contributed by atoms with Crippen molar-refractivity contribution in [2.45, 2.75) is 32.5 Å². The smallest absolute Gasteiger partial charge is 0.191 e. The van der Waals surface area contributed by atoms with Gasteiger partial charge in [0.25, 0.3) is 0 Å². The van der Waals surface area contributed by atoms with Crippen LogP contribution >= 0.6 is 0 Å². The van der Waals surface area contributed by atoms with Crippen LogP contribution in [0.25, 0.3) is 0 Å². The van der Waals surface area contributed by atoms with Crippen molar-refractivity contribution in [1.82, 2.24) is 15.5 Å². The third-order valence-electron chi connectivity index (χ3n) is 5.47. The molecule has 1 saturated heterocycles. The molecule has 2 aromatic carbocycles. The predicted molar refractivity (Wildman–Crippen MR) is 126 cm³/mol. The van der Waals surface area contributed by atoms with E-state index in [1.807, 2.05) is 18.2 Å². The number of rotatable bonds is 10. The number of guanidine groups is 1. The van der Waals surface area contributed by atoms with Gasteiger partial charge in [0.2, 0.25) is 0 Å². The standard InChI is InChI=1S/C25H36N4O2/c1-21(24-7-4-3-5-8-24)31-16-6-13-27-25(26-2)28-19-22-9-11-23(12-10-22)20-29-14-17-30-18-15-29/h3-5,7-12,21H,6,13-20H2,1-2H3,(H2,26,27,28). The molecule has 0 aromatic heterocycles. The van der Waals surface area contributed by atoms with Gasteiger partial charge in [-0.05, 0) is 30.0 Å². The zero-order valence-electron chi connectivity index (χ0n) is 18.8. The molecule has 0 bridgehead atoms. The third-order valence-corrected chi connectivity index (χ3v) is 5.47.